The summed E-state index contributed by atoms with van der Waals surface area (Å²) in [5.41, 5.74) is -0.503. The fourth-order valence-electron chi connectivity index (χ4n) is 2.70. The molecular formula is C19H15F3N2O3S. The van der Waals surface area contributed by atoms with Gasteiger partial charge >= 0.3 is 6.18 Å². The van der Waals surface area contributed by atoms with Crippen molar-refractivity contribution in [2.45, 2.75) is 23.2 Å². The van der Waals surface area contributed by atoms with Crippen LogP contribution in [0, 0.1) is 0 Å². The van der Waals surface area contributed by atoms with Crippen LogP contribution in [0.15, 0.2) is 51.9 Å². The number of thioether (sulfide) groups is 1. The Labute approximate surface area is 162 Å². The van der Waals surface area contributed by atoms with Gasteiger partial charge in [-0.3, -0.25) is 0 Å². The van der Waals surface area contributed by atoms with Crippen molar-refractivity contribution in [3.63, 3.8) is 0 Å². The summed E-state index contributed by atoms with van der Waals surface area (Å²) in [6.07, 6.45) is -4.43. The van der Waals surface area contributed by atoms with Gasteiger partial charge in [-0.1, -0.05) is 17.3 Å². The summed E-state index contributed by atoms with van der Waals surface area (Å²) in [5, 5.41) is 3.63. The Balaban J connectivity index is 1.51. The summed E-state index contributed by atoms with van der Waals surface area (Å²) in [6.45, 7) is 2.90. The minimum Gasteiger partial charge on any atom is -0.486 e. The van der Waals surface area contributed by atoms with Crippen LogP contribution in [-0.2, 0) is 6.18 Å². The van der Waals surface area contributed by atoms with Crippen molar-refractivity contribution in [2.24, 2.45) is 0 Å². The van der Waals surface area contributed by atoms with Crippen LogP contribution >= 0.6 is 11.8 Å². The molecule has 0 fully saturated rings. The van der Waals surface area contributed by atoms with Gasteiger partial charge in [-0.05, 0) is 37.3 Å². The maximum absolute atomic E-state index is 12.9. The molecule has 9 heteroatoms. The van der Waals surface area contributed by atoms with E-state index in [0.29, 0.717) is 30.6 Å². The Morgan fingerprint density at radius 3 is 2.61 bits per heavy atom. The Morgan fingerprint density at radius 2 is 1.82 bits per heavy atom. The van der Waals surface area contributed by atoms with Crippen LogP contribution in [0.2, 0.25) is 0 Å². The topological polar surface area (TPSA) is 57.4 Å². The molecular weight excluding hydrogens is 393 g/mol. The number of hydrogen-bond donors (Lipinski definition) is 0. The lowest BCUT2D eigenvalue weighted by Gasteiger charge is -2.19. The highest BCUT2D eigenvalue weighted by molar-refractivity contribution is 7.99. The van der Waals surface area contributed by atoms with Crippen LogP contribution in [0.4, 0.5) is 13.2 Å². The summed E-state index contributed by atoms with van der Waals surface area (Å²) in [6, 6.07) is 10.5. The number of rotatable bonds is 4. The molecule has 0 N–H and O–H groups in total. The lowest BCUT2D eigenvalue weighted by molar-refractivity contribution is -0.137. The molecule has 0 saturated heterocycles. The van der Waals surface area contributed by atoms with E-state index in [1.807, 2.05) is 25.1 Å². The molecule has 0 radical (unpaired) electrons. The Hall–Kier alpha value is -2.68. The molecule has 0 amide bonds. The van der Waals surface area contributed by atoms with Crippen molar-refractivity contribution < 1.29 is 27.2 Å². The average molecular weight is 408 g/mol. The molecule has 0 bridgehead atoms. The molecule has 5 nitrogen and oxygen atoms in total. The van der Waals surface area contributed by atoms with Crippen molar-refractivity contribution in [3.8, 4) is 22.9 Å². The minimum atomic E-state index is -4.43. The first-order valence-electron chi connectivity index (χ1n) is 8.48. The third-order valence-corrected chi connectivity index (χ3v) is 5.15. The van der Waals surface area contributed by atoms with E-state index in [4.69, 9.17) is 14.0 Å². The fraction of sp³-hybridized carbons (Fsp3) is 0.263. The maximum Gasteiger partial charge on any atom is 0.416 e. The SMILES string of the molecule is CC(Sc1ccc2c(c1)OCCO2)c1nc(-c2cccc(C(F)(F)F)c2)no1. The first-order chi connectivity index (χ1) is 13.4. The standard InChI is InChI=1S/C19H15F3N2O3S/c1-11(28-14-5-6-15-16(10-14)26-8-7-25-15)18-23-17(24-27-18)12-3-2-4-13(9-12)19(20,21)22/h2-6,9-11H,7-8H2,1H3. The molecule has 146 valence electrons. The van der Waals surface area contributed by atoms with E-state index < -0.39 is 11.7 Å². The van der Waals surface area contributed by atoms with Gasteiger partial charge in [0.2, 0.25) is 11.7 Å². The third kappa shape index (κ3) is 3.94. The quantitative estimate of drug-likeness (QED) is 0.540. The Morgan fingerprint density at radius 1 is 1.04 bits per heavy atom. The summed E-state index contributed by atoms with van der Waals surface area (Å²) >= 11 is 1.47. The van der Waals surface area contributed by atoms with Gasteiger partial charge in [0.05, 0.1) is 10.8 Å². The molecule has 0 spiro atoms. The number of benzene rings is 2. The van der Waals surface area contributed by atoms with E-state index in [1.54, 1.807) is 0 Å². The van der Waals surface area contributed by atoms with E-state index in [9.17, 15) is 13.2 Å². The number of fused-ring (bicyclic) bond motifs is 1. The lowest BCUT2D eigenvalue weighted by atomic mass is 10.1. The van der Waals surface area contributed by atoms with Gasteiger partial charge in [0.25, 0.3) is 0 Å². The normalized spacial score (nSPS) is 14.7. The maximum atomic E-state index is 12.9. The highest BCUT2D eigenvalue weighted by Gasteiger charge is 2.31. The van der Waals surface area contributed by atoms with Gasteiger partial charge < -0.3 is 14.0 Å². The molecule has 1 aliphatic rings. The van der Waals surface area contributed by atoms with E-state index in [0.717, 1.165) is 17.0 Å². The smallest absolute Gasteiger partial charge is 0.416 e. The van der Waals surface area contributed by atoms with Crippen molar-refractivity contribution in [1.29, 1.82) is 0 Å². The molecule has 2 aromatic carbocycles. The highest BCUT2D eigenvalue weighted by atomic mass is 32.2. The largest absolute Gasteiger partial charge is 0.486 e. The van der Waals surface area contributed by atoms with Gasteiger partial charge in [0.15, 0.2) is 11.5 Å². The summed E-state index contributed by atoms with van der Waals surface area (Å²) < 4.78 is 55.0. The molecule has 1 aliphatic heterocycles. The van der Waals surface area contributed by atoms with Crippen molar-refractivity contribution in [3.05, 3.63) is 53.9 Å². The summed E-state index contributed by atoms with van der Waals surface area (Å²) in [5.74, 6) is 1.83. The minimum absolute atomic E-state index is 0.121. The zero-order valence-corrected chi connectivity index (χ0v) is 15.5. The summed E-state index contributed by atoms with van der Waals surface area (Å²) in [7, 11) is 0. The van der Waals surface area contributed by atoms with E-state index in [1.165, 1.54) is 23.9 Å². The molecule has 0 saturated carbocycles. The van der Waals surface area contributed by atoms with Gasteiger partial charge in [-0.15, -0.1) is 11.8 Å². The van der Waals surface area contributed by atoms with Gasteiger partial charge in [0, 0.05) is 10.5 Å². The predicted molar refractivity (Wildman–Crippen MR) is 96.4 cm³/mol. The van der Waals surface area contributed by atoms with Gasteiger partial charge in [-0.25, -0.2) is 0 Å². The van der Waals surface area contributed by atoms with Crippen molar-refractivity contribution in [2.75, 3.05) is 13.2 Å². The molecule has 0 aliphatic carbocycles. The van der Waals surface area contributed by atoms with E-state index in [2.05, 4.69) is 10.1 Å². The number of alkyl halides is 3. The molecule has 1 atom stereocenters. The number of hydrogen-bond acceptors (Lipinski definition) is 6. The number of ether oxygens (including phenoxy) is 2. The number of nitrogens with zero attached hydrogens (tertiary/aromatic N) is 2. The second-order valence-corrected chi connectivity index (χ2v) is 7.51. The van der Waals surface area contributed by atoms with Crippen LogP contribution in [0.1, 0.15) is 23.6 Å². The third-order valence-electron chi connectivity index (χ3n) is 4.06. The van der Waals surface area contributed by atoms with E-state index >= 15 is 0 Å². The molecule has 1 unspecified atom stereocenters. The first kappa shape index (κ1) is 18.7. The second-order valence-electron chi connectivity index (χ2n) is 6.10. The van der Waals surface area contributed by atoms with Crippen LogP contribution in [-0.4, -0.2) is 23.4 Å². The molecule has 2 heterocycles. The second kappa shape index (κ2) is 7.38. The fourth-order valence-corrected chi connectivity index (χ4v) is 3.63. The predicted octanol–water partition coefficient (Wildman–Crippen LogP) is 5.38. The summed E-state index contributed by atoms with van der Waals surface area (Å²) in [4.78, 5) is 5.19. The monoisotopic (exact) mass is 408 g/mol. The van der Waals surface area contributed by atoms with Crippen molar-refractivity contribution in [1.82, 2.24) is 10.1 Å². The molecule has 28 heavy (non-hydrogen) atoms. The van der Waals surface area contributed by atoms with Crippen molar-refractivity contribution >= 4 is 11.8 Å². The Kier molecular flexibility index (Phi) is 4.92. The zero-order valence-electron chi connectivity index (χ0n) is 14.7. The van der Waals surface area contributed by atoms with Crippen LogP contribution in [0.5, 0.6) is 11.5 Å². The average Bonchev–Trinajstić information content (AvgIpc) is 3.18. The van der Waals surface area contributed by atoms with Gasteiger partial charge in [-0.2, -0.15) is 18.2 Å². The van der Waals surface area contributed by atoms with Crippen LogP contribution < -0.4 is 9.47 Å². The number of halogens is 3. The van der Waals surface area contributed by atoms with Gasteiger partial charge in [0.1, 0.15) is 13.2 Å². The van der Waals surface area contributed by atoms with Crippen LogP contribution in [0.25, 0.3) is 11.4 Å². The highest BCUT2D eigenvalue weighted by Crippen LogP contribution is 2.40. The molecule has 4 rings (SSSR count). The van der Waals surface area contributed by atoms with E-state index in [-0.39, 0.29) is 16.6 Å². The first-order valence-corrected chi connectivity index (χ1v) is 9.35. The molecule has 1 aromatic heterocycles. The molecule has 3 aromatic rings. The zero-order chi connectivity index (χ0) is 19.7. The number of aromatic nitrogens is 2. The Bertz CT molecular complexity index is 991. The van der Waals surface area contributed by atoms with Crippen LogP contribution in [0.3, 0.4) is 0 Å². The lowest BCUT2D eigenvalue weighted by Crippen LogP contribution is -2.15.